The lowest BCUT2D eigenvalue weighted by Crippen LogP contribution is -2.54. The Morgan fingerprint density at radius 2 is 1.97 bits per heavy atom. The quantitative estimate of drug-likeness (QED) is 0.613. The second-order valence-electron chi connectivity index (χ2n) is 12.2. The third-order valence-electron chi connectivity index (χ3n) is 8.21. The van der Waals surface area contributed by atoms with Gasteiger partial charge < -0.3 is 15.3 Å². The topological polar surface area (TPSA) is 82.5 Å². The van der Waals surface area contributed by atoms with Crippen LogP contribution in [0.3, 0.4) is 0 Å². The van der Waals surface area contributed by atoms with Crippen molar-refractivity contribution in [3.8, 4) is 0 Å². The van der Waals surface area contributed by atoms with Crippen LogP contribution in [0.15, 0.2) is 0 Å². The number of fused-ring (bicyclic) bond motifs is 2. The van der Waals surface area contributed by atoms with Crippen molar-refractivity contribution in [3.63, 3.8) is 0 Å². The molecule has 0 spiro atoms. The van der Waals surface area contributed by atoms with E-state index in [2.05, 4.69) is 39.9 Å². The molecule has 3 aliphatic rings. The predicted molar refractivity (Wildman–Crippen MR) is 140 cm³/mol. The van der Waals surface area contributed by atoms with Crippen LogP contribution in [0.2, 0.25) is 0 Å². The van der Waals surface area contributed by atoms with Gasteiger partial charge in [-0.25, -0.2) is 4.98 Å². The number of carbonyl (C=O) groups excluding carboxylic acids is 2. The number of nitrogens with zero attached hydrogens (tertiary/aromatic N) is 2. The highest BCUT2D eigenvalue weighted by atomic mass is 32.2. The van der Waals surface area contributed by atoms with Gasteiger partial charge >= 0.3 is 0 Å². The molecule has 1 saturated carbocycles. The zero-order chi connectivity index (χ0) is 24.8. The number of nitrogens with one attached hydrogen (secondary N) is 1. The monoisotopic (exact) mass is 507 g/mol. The summed E-state index contributed by atoms with van der Waals surface area (Å²) in [4.78, 5) is 33.8. The Morgan fingerprint density at radius 1 is 1.29 bits per heavy atom. The average molecular weight is 508 g/mol. The number of hydrogen-bond acceptors (Lipinski definition) is 6. The number of aliphatic hydroxyl groups excluding tert-OH is 1. The normalized spacial score (nSPS) is 32.5. The van der Waals surface area contributed by atoms with Crippen LogP contribution in [0.1, 0.15) is 77.3 Å². The van der Waals surface area contributed by atoms with Crippen LogP contribution in [0, 0.1) is 28.6 Å². The smallest absolute Gasteiger partial charge is 0.226 e. The van der Waals surface area contributed by atoms with Crippen LogP contribution in [-0.2, 0) is 16.0 Å². The highest BCUT2D eigenvalue weighted by Gasteiger charge is 2.54. The van der Waals surface area contributed by atoms with Gasteiger partial charge in [-0.2, -0.15) is 11.8 Å². The number of thiazole rings is 1. The van der Waals surface area contributed by atoms with E-state index in [1.54, 1.807) is 11.3 Å². The maximum atomic E-state index is 13.2. The number of hydrogen-bond donors (Lipinski definition) is 2. The van der Waals surface area contributed by atoms with Gasteiger partial charge in [0.15, 0.2) is 5.13 Å². The fourth-order valence-electron chi connectivity index (χ4n) is 6.50. The molecule has 2 amide bonds. The second-order valence-corrected chi connectivity index (χ2v) is 14.5. The highest BCUT2D eigenvalue weighted by Crippen LogP contribution is 2.57. The van der Waals surface area contributed by atoms with Crippen LogP contribution in [-0.4, -0.2) is 57.5 Å². The molecule has 6 nitrogen and oxygen atoms in total. The Balaban J connectivity index is 1.51. The molecule has 0 aromatic carbocycles. The van der Waals surface area contributed by atoms with E-state index >= 15 is 0 Å². The van der Waals surface area contributed by atoms with Crippen molar-refractivity contribution < 1.29 is 14.7 Å². The summed E-state index contributed by atoms with van der Waals surface area (Å²) < 4.78 is 0. The lowest BCUT2D eigenvalue weighted by molar-refractivity contribution is -0.144. The Bertz CT molecular complexity index is 921. The molecule has 2 fully saturated rings. The number of amides is 2. The van der Waals surface area contributed by atoms with E-state index < -0.39 is 6.10 Å². The Morgan fingerprint density at radius 3 is 2.62 bits per heavy atom. The molecule has 2 heterocycles. The van der Waals surface area contributed by atoms with Crippen LogP contribution in [0.5, 0.6) is 0 Å². The maximum Gasteiger partial charge on any atom is 0.226 e. The summed E-state index contributed by atoms with van der Waals surface area (Å²) >= 11 is 3.50. The largest absolute Gasteiger partial charge is 0.392 e. The first kappa shape index (κ1) is 26.0. The van der Waals surface area contributed by atoms with Crippen molar-refractivity contribution in [1.29, 1.82) is 0 Å². The third kappa shape index (κ3) is 5.19. The van der Waals surface area contributed by atoms with Crippen LogP contribution < -0.4 is 5.32 Å². The van der Waals surface area contributed by atoms with E-state index in [1.807, 2.05) is 23.6 Å². The van der Waals surface area contributed by atoms with Crippen molar-refractivity contribution >= 4 is 40.0 Å². The van der Waals surface area contributed by atoms with Crippen LogP contribution in [0.25, 0.3) is 0 Å². The SMILES string of the molecule is CC(C(=O)N1CCSCC1)C1CCC2(C)Cc3sc(NC(=O)CC(C)(C)C)nc3C(C)C2C1O. The molecule has 6 atom stereocenters. The zero-order valence-electron chi connectivity index (χ0n) is 21.5. The Labute approximate surface area is 212 Å². The zero-order valence-corrected chi connectivity index (χ0v) is 23.2. The summed E-state index contributed by atoms with van der Waals surface area (Å²) in [5, 5.41) is 15.3. The van der Waals surface area contributed by atoms with Crippen molar-refractivity contribution in [2.24, 2.45) is 28.6 Å². The Kier molecular flexibility index (Phi) is 7.43. The molecule has 190 valence electrons. The number of rotatable bonds is 4. The molecule has 8 heteroatoms. The first-order valence-corrected chi connectivity index (χ1v) is 14.7. The number of carbonyl (C=O) groups is 2. The van der Waals surface area contributed by atoms with Gasteiger partial charge in [0.25, 0.3) is 0 Å². The van der Waals surface area contributed by atoms with E-state index in [9.17, 15) is 14.7 Å². The molecule has 0 radical (unpaired) electrons. The van der Waals surface area contributed by atoms with Gasteiger partial charge in [-0.1, -0.05) is 41.5 Å². The predicted octanol–water partition coefficient (Wildman–Crippen LogP) is 4.78. The molecule has 1 aliphatic heterocycles. The van der Waals surface area contributed by atoms with Gasteiger partial charge in [-0.3, -0.25) is 9.59 Å². The third-order valence-corrected chi connectivity index (χ3v) is 10.1. The minimum atomic E-state index is -0.527. The standard InChI is InChI=1S/C26H41N3O3S2/c1-15(23(32)29-9-11-33-12-10-29)17-7-8-26(6)13-18-21(16(2)20(26)22(17)31)28-24(34-18)27-19(30)14-25(3,4)5/h15-17,20,22,31H,7-14H2,1-6H3,(H,27,28,30). The fourth-order valence-corrected chi connectivity index (χ4v) is 8.68. The molecule has 6 unspecified atom stereocenters. The second kappa shape index (κ2) is 9.74. The van der Waals surface area contributed by atoms with E-state index in [0.717, 1.165) is 49.6 Å². The van der Waals surface area contributed by atoms with E-state index in [0.29, 0.717) is 11.6 Å². The van der Waals surface area contributed by atoms with Gasteiger partial charge in [0, 0.05) is 47.7 Å². The lowest BCUT2D eigenvalue weighted by atomic mass is 9.53. The summed E-state index contributed by atoms with van der Waals surface area (Å²) in [6.45, 7) is 14.3. The summed E-state index contributed by atoms with van der Waals surface area (Å²) in [7, 11) is 0. The van der Waals surface area contributed by atoms with E-state index in [1.165, 1.54) is 4.88 Å². The molecule has 1 aromatic rings. The fraction of sp³-hybridized carbons (Fsp3) is 0.808. The summed E-state index contributed by atoms with van der Waals surface area (Å²) in [6, 6.07) is 0. The molecule has 2 aliphatic carbocycles. The van der Waals surface area contributed by atoms with Crippen molar-refractivity contribution in [2.45, 2.75) is 79.2 Å². The summed E-state index contributed by atoms with van der Waals surface area (Å²) in [5.74, 6) is 2.17. The molecule has 0 bridgehead atoms. The summed E-state index contributed by atoms with van der Waals surface area (Å²) in [5.41, 5.74) is 0.925. The van der Waals surface area contributed by atoms with E-state index in [4.69, 9.17) is 4.98 Å². The minimum absolute atomic E-state index is 0.00146. The molecule has 2 N–H and O–H groups in total. The molecular weight excluding hydrogens is 466 g/mol. The average Bonchev–Trinajstić information content (AvgIpc) is 3.13. The summed E-state index contributed by atoms with van der Waals surface area (Å²) in [6.07, 6.45) is 2.68. The molecule has 34 heavy (non-hydrogen) atoms. The van der Waals surface area contributed by atoms with Gasteiger partial charge in [0.1, 0.15) is 0 Å². The number of thioether (sulfide) groups is 1. The maximum absolute atomic E-state index is 13.2. The molecular formula is C26H41N3O3S2. The molecule has 4 rings (SSSR count). The van der Waals surface area contributed by atoms with Crippen molar-refractivity contribution in [2.75, 3.05) is 29.9 Å². The van der Waals surface area contributed by atoms with Gasteiger partial charge in [0.2, 0.25) is 11.8 Å². The molecule has 1 aromatic heterocycles. The first-order chi connectivity index (χ1) is 15.9. The van der Waals surface area contributed by atoms with Crippen LogP contribution >= 0.6 is 23.1 Å². The van der Waals surface area contributed by atoms with Gasteiger partial charge in [0.05, 0.1) is 11.8 Å². The lowest BCUT2D eigenvalue weighted by Gasteiger charge is -2.53. The van der Waals surface area contributed by atoms with Crippen molar-refractivity contribution in [1.82, 2.24) is 9.88 Å². The highest BCUT2D eigenvalue weighted by molar-refractivity contribution is 7.99. The van der Waals surface area contributed by atoms with Gasteiger partial charge in [-0.15, -0.1) is 11.3 Å². The minimum Gasteiger partial charge on any atom is -0.392 e. The van der Waals surface area contributed by atoms with Crippen molar-refractivity contribution in [3.05, 3.63) is 10.6 Å². The Hall–Kier alpha value is -1.12. The number of aliphatic hydroxyl groups is 1. The first-order valence-electron chi connectivity index (χ1n) is 12.7. The van der Waals surface area contributed by atoms with Crippen LogP contribution in [0.4, 0.5) is 5.13 Å². The van der Waals surface area contributed by atoms with Gasteiger partial charge in [-0.05, 0) is 41.9 Å². The van der Waals surface area contributed by atoms with E-state index in [-0.39, 0.29) is 46.3 Å². The molecule has 1 saturated heterocycles. The number of aromatic nitrogens is 1. The number of anilines is 1.